The molecule has 0 aromatic heterocycles. The van der Waals surface area contributed by atoms with Gasteiger partial charge < -0.3 is 5.32 Å². The van der Waals surface area contributed by atoms with Crippen LogP contribution in [0.5, 0.6) is 0 Å². The van der Waals surface area contributed by atoms with Crippen molar-refractivity contribution in [1.29, 1.82) is 0 Å². The molecule has 94 valence electrons. The van der Waals surface area contributed by atoms with E-state index in [1.807, 2.05) is 19.1 Å². The van der Waals surface area contributed by atoms with Crippen molar-refractivity contribution in [3.8, 4) is 0 Å². The molecule has 0 bridgehead atoms. The number of alkyl halides is 1. The van der Waals surface area contributed by atoms with Gasteiger partial charge in [0.1, 0.15) is 5.88 Å². The third kappa shape index (κ3) is 4.68. The van der Waals surface area contributed by atoms with Crippen LogP contribution in [0.15, 0.2) is 28.7 Å². The molecule has 1 unspecified atom stereocenters. The first-order chi connectivity index (χ1) is 7.99. The van der Waals surface area contributed by atoms with Crippen LogP contribution in [-0.4, -0.2) is 17.3 Å². The Bertz CT molecular complexity index is 397. The molecule has 0 aliphatic heterocycles. The second-order valence-corrected chi connectivity index (χ2v) is 5.59. The minimum Gasteiger partial charge on any atom is -0.350 e. The van der Waals surface area contributed by atoms with Crippen molar-refractivity contribution in [2.75, 3.05) is 5.88 Å². The van der Waals surface area contributed by atoms with Gasteiger partial charge in [-0.15, -0.1) is 11.6 Å². The maximum absolute atomic E-state index is 11.4. The Labute approximate surface area is 116 Å². The van der Waals surface area contributed by atoms with E-state index in [2.05, 4.69) is 40.3 Å². The number of nitrogens with one attached hydrogen (secondary N) is 1. The van der Waals surface area contributed by atoms with Crippen molar-refractivity contribution >= 4 is 33.4 Å². The van der Waals surface area contributed by atoms with Crippen molar-refractivity contribution in [2.45, 2.75) is 32.2 Å². The highest BCUT2D eigenvalue weighted by Crippen LogP contribution is 2.20. The fourth-order valence-electron chi connectivity index (χ4n) is 1.73. The molecule has 4 heteroatoms. The normalized spacial score (nSPS) is 14.1. The van der Waals surface area contributed by atoms with Crippen LogP contribution < -0.4 is 5.32 Å². The van der Waals surface area contributed by atoms with E-state index in [0.29, 0.717) is 0 Å². The van der Waals surface area contributed by atoms with Crippen LogP contribution in [0.25, 0.3) is 0 Å². The average Bonchev–Trinajstić information content (AvgIpc) is 2.28. The molecule has 1 aromatic rings. The highest BCUT2D eigenvalue weighted by Gasteiger charge is 2.24. The van der Waals surface area contributed by atoms with Gasteiger partial charge in [-0.2, -0.15) is 0 Å². The van der Waals surface area contributed by atoms with E-state index >= 15 is 0 Å². The Kier molecular flexibility index (Phi) is 5.47. The zero-order valence-corrected chi connectivity index (χ0v) is 12.4. The average molecular weight is 319 g/mol. The summed E-state index contributed by atoms with van der Waals surface area (Å²) >= 11 is 8.97. The Morgan fingerprint density at radius 2 is 2.24 bits per heavy atom. The van der Waals surface area contributed by atoms with Gasteiger partial charge in [0.25, 0.3) is 0 Å². The molecule has 1 aromatic carbocycles. The van der Waals surface area contributed by atoms with Crippen LogP contribution in [0, 0.1) is 0 Å². The fourth-order valence-corrected chi connectivity index (χ4v) is 2.24. The first-order valence-electron chi connectivity index (χ1n) is 5.60. The van der Waals surface area contributed by atoms with Crippen molar-refractivity contribution in [3.05, 3.63) is 34.3 Å². The summed E-state index contributed by atoms with van der Waals surface area (Å²) in [6.07, 6.45) is 1.66. The fraction of sp³-hybridized carbons (Fsp3) is 0.462. The molecular weight excluding hydrogens is 302 g/mol. The van der Waals surface area contributed by atoms with Gasteiger partial charge >= 0.3 is 0 Å². The first kappa shape index (κ1) is 14.5. The molecule has 0 aliphatic carbocycles. The van der Waals surface area contributed by atoms with Gasteiger partial charge in [-0.1, -0.05) is 35.0 Å². The zero-order valence-electron chi connectivity index (χ0n) is 10.1. The van der Waals surface area contributed by atoms with Gasteiger partial charge in [-0.05, 0) is 37.5 Å². The van der Waals surface area contributed by atoms with Gasteiger partial charge in [-0.25, -0.2) is 0 Å². The number of rotatable bonds is 5. The van der Waals surface area contributed by atoms with E-state index < -0.39 is 0 Å². The third-order valence-corrected chi connectivity index (χ3v) is 3.56. The van der Waals surface area contributed by atoms with E-state index in [1.54, 1.807) is 0 Å². The van der Waals surface area contributed by atoms with Gasteiger partial charge in [0, 0.05) is 10.0 Å². The highest BCUT2D eigenvalue weighted by molar-refractivity contribution is 9.10. The monoisotopic (exact) mass is 317 g/mol. The smallest absolute Gasteiger partial charge is 0.235 e. The Morgan fingerprint density at radius 1 is 1.53 bits per heavy atom. The lowest BCUT2D eigenvalue weighted by Crippen LogP contribution is -2.47. The number of carbonyl (C=O) groups excluding carboxylic acids is 1. The van der Waals surface area contributed by atoms with E-state index in [0.717, 1.165) is 17.3 Å². The molecule has 1 amide bonds. The van der Waals surface area contributed by atoms with Crippen LogP contribution in [0.4, 0.5) is 0 Å². The quantitative estimate of drug-likeness (QED) is 0.827. The number of halogens is 2. The second kappa shape index (κ2) is 6.41. The summed E-state index contributed by atoms with van der Waals surface area (Å²) in [6.45, 7) is 4.10. The molecule has 0 radical (unpaired) electrons. The molecule has 0 fully saturated rings. The predicted octanol–water partition coefficient (Wildman–Crippen LogP) is 3.52. The van der Waals surface area contributed by atoms with Crippen molar-refractivity contribution < 1.29 is 4.79 Å². The van der Waals surface area contributed by atoms with Gasteiger partial charge in [-0.3, -0.25) is 4.79 Å². The molecule has 0 saturated heterocycles. The van der Waals surface area contributed by atoms with Gasteiger partial charge in [0.2, 0.25) is 5.91 Å². The lowest BCUT2D eigenvalue weighted by atomic mass is 9.90. The molecule has 0 spiro atoms. The maximum Gasteiger partial charge on any atom is 0.235 e. The number of amides is 1. The van der Waals surface area contributed by atoms with Crippen molar-refractivity contribution in [1.82, 2.24) is 5.32 Å². The van der Waals surface area contributed by atoms with Crippen LogP contribution in [0.3, 0.4) is 0 Å². The molecule has 2 nitrogen and oxygen atoms in total. The van der Waals surface area contributed by atoms with Gasteiger partial charge in [0.05, 0.1) is 0 Å². The number of benzene rings is 1. The molecule has 1 atom stereocenters. The SMILES string of the molecule is CCC(C)(Cc1cccc(Br)c1)NC(=O)CCl. The van der Waals surface area contributed by atoms with E-state index in [1.165, 1.54) is 5.56 Å². The maximum atomic E-state index is 11.4. The largest absolute Gasteiger partial charge is 0.350 e. The second-order valence-electron chi connectivity index (χ2n) is 4.40. The van der Waals surface area contributed by atoms with Crippen LogP contribution in [0.1, 0.15) is 25.8 Å². The first-order valence-corrected chi connectivity index (χ1v) is 6.93. The minimum atomic E-state index is -0.243. The highest BCUT2D eigenvalue weighted by atomic mass is 79.9. The summed E-state index contributed by atoms with van der Waals surface area (Å²) in [5, 5.41) is 2.97. The Morgan fingerprint density at radius 3 is 2.76 bits per heavy atom. The van der Waals surface area contributed by atoms with Crippen molar-refractivity contribution in [3.63, 3.8) is 0 Å². The van der Waals surface area contributed by atoms with E-state index in [9.17, 15) is 4.79 Å². The predicted molar refractivity (Wildman–Crippen MR) is 75.4 cm³/mol. The summed E-state index contributed by atoms with van der Waals surface area (Å²) in [5.41, 5.74) is 0.950. The summed E-state index contributed by atoms with van der Waals surface area (Å²) in [6, 6.07) is 8.12. The molecule has 0 heterocycles. The molecule has 1 N–H and O–H groups in total. The minimum absolute atomic E-state index is 0.00801. The summed E-state index contributed by atoms with van der Waals surface area (Å²) in [4.78, 5) is 11.4. The summed E-state index contributed by atoms with van der Waals surface area (Å²) in [7, 11) is 0. The summed E-state index contributed by atoms with van der Waals surface area (Å²) < 4.78 is 1.05. The Hall–Kier alpha value is -0.540. The molecule has 1 rings (SSSR count). The zero-order chi connectivity index (χ0) is 12.9. The number of hydrogen-bond acceptors (Lipinski definition) is 1. The molecule has 17 heavy (non-hydrogen) atoms. The van der Waals surface area contributed by atoms with Gasteiger partial charge in [0.15, 0.2) is 0 Å². The molecule has 0 aliphatic rings. The number of carbonyl (C=O) groups is 1. The molecule has 0 saturated carbocycles. The Balaban J connectivity index is 2.78. The summed E-state index contributed by atoms with van der Waals surface area (Å²) in [5.74, 6) is -0.111. The lowest BCUT2D eigenvalue weighted by molar-refractivity contribution is -0.120. The van der Waals surface area contributed by atoms with E-state index in [4.69, 9.17) is 11.6 Å². The third-order valence-electron chi connectivity index (χ3n) is 2.83. The molecular formula is C13H17BrClNO. The lowest BCUT2D eigenvalue weighted by Gasteiger charge is -2.29. The van der Waals surface area contributed by atoms with Crippen LogP contribution in [0.2, 0.25) is 0 Å². The number of hydrogen-bond donors (Lipinski definition) is 1. The topological polar surface area (TPSA) is 29.1 Å². The van der Waals surface area contributed by atoms with E-state index in [-0.39, 0.29) is 17.3 Å². The van der Waals surface area contributed by atoms with Crippen LogP contribution in [-0.2, 0) is 11.2 Å². The standard InChI is InChI=1S/C13H17BrClNO/c1-3-13(2,16-12(17)9-15)8-10-5-4-6-11(14)7-10/h4-7H,3,8-9H2,1-2H3,(H,16,17). The van der Waals surface area contributed by atoms with Crippen LogP contribution >= 0.6 is 27.5 Å². The van der Waals surface area contributed by atoms with Crippen molar-refractivity contribution in [2.24, 2.45) is 0 Å².